The van der Waals surface area contributed by atoms with Gasteiger partial charge in [0.15, 0.2) is 5.82 Å². The molecule has 0 atom stereocenters. The summed E-state index contributed by atoms with van der Waals surface area (Å²) in [5.74, 6) is 0.671. The van der Waals surface area contributed by atoms with Gasteiger partial charge < -0.3 is 18.3 Å². The highest BCUT2D eigenvalue weighted by molar-refractivity contribution is 6.18. The van der Waals surface area contributed by atoms with Crippen LogP contribution in [0.25, 0.3) is 177 Å². The van der Waals surface area contributed by atoms with Gasteiger partial charge in [-0.05, 0) is 149 Å². The minimum atomic E-state index is 0.671. The average Bonchev–Trinajstić information content (AvgIpc) is 2.22. The third kappa shape index (κ3) is 7.58. The van der Waals surface area contributed by atoms with E-state index < -0.39 is 0 Å². The lowest BCUT2D eigenvalue weighted by atomic mass is 9.98. The molecular weight excluding hydrogens is 1090 g/mol. The summed E-state index contributed by atoms with van der Waals surface area (Å²) in [6.45, 7) is 0. The molecule has 0 saturated heterocycles. The molecule has 90 heavy (non-hydrogen) atoms. The summed E-state index contributed by atoms with van der Waals surface area (Å²) >= 11 is 0. The van der Waals surface area contributed by atoms with Crippen molar-refractivity contribution in [2.45, 2.75) is 0 Å². The highest BCUT2D eigenvalue weighted by Crippen LogP contribution is 2.44. The predicted molar refractivity (Wildman–Crippen MR) is 376 cm³/mol. The van der Waals surface area contributed by atoms with E-state index in [2.05, 4.69) is 334 Å². The first-order chi connectivity index (χ1) is 44.6. The topological polar surface area (TPSA) is 45.5 Å². The maximum Gasteiger partial charge on any atom is 0.160 e. The van der Waals surface area contributed by atoms with E-state index in [0.29, 0.717) is 5.82 Å². The summed E-state index contributed by atoms with van der Waals surface area (Å²) < 4.78 is 9.59. The fourth-order valence-electron chi connectivity index (χ4n) is 14.7. The molecule has 0 aliphatic heterocycles. The van der Waals surface area contributed by atoms with Crippen LogP contribution in [0.15, 0.2) is 315 Å². The fraction of sp³-hybridized carbons (Fsp3) is 0. The van der Waals surface area contributed by atoms with Crippen molar-refractivity contribution in [3.63, 3.8) is 0 Å². The monoisotopic (exact) mass is 1140 g/mol. The Balaban J connectivity index is 0.721. The number of hydrogen-bond acceptors (Lipinski definition) is 2. The molecule has 0 N–H and O–H groups in total. The SMILES string of the molecule is c1ccc(-c2nc(-c3cccc(-n4c5ccccc5c5cc(-c6ccc7c(c6)c6ccccc6n7-c6ccccc6)ccc54)c3)nc3ccc4c(-n5c6ccccc6c6cc(-c7ccc8c(c7)c7ccccc7n8-c7ccccc7)ccc65)cccc4c23)cc1. The Hall–Kier alpha value is -12.1. The standard InChI is InChI=1S/C84H52N6/c1-4-20-53(21-5-1)83-82-67-32-19-37-77(90-76-36-17-13-31-65(76)71-52-57(41-47-81(71)90)55-39-45-79-69(50-55)63-29-11-15-34-74(63)88(79)60-25-8-3-9-26-60)66(67)42-43-72(82)85-84(86-83)58-22-18-27-61(48-58)89-75-35-16-12-30-64(75)70-51-56(40-46-80(70)89)54-38-44-78-68(49-54)62-28-10-14-33-73(62)87(78)59-23-6-2-7-24-59/h1-52H. The second kappa shape index (κ2) is 19.7. The molecule has 0 spiro atoms. The van der Waals surface area contributed by atoms with Crippen LogP contribution in [0.4, 0.5) is 0 Å². The Kier molecular flexibility index (Phi) is 11.0. The minimum Gasteiger partial charge on any atom is -0.309 e. The summed E-state index contributed by atoms with van der Waals surface area (Å²) in [7, 11) is 0. The summed E-state index contributed by atoms with van der Waals surface area (Å²) in [6, 6.07) is 115. The lowest BCUT2D eigenvalue weighted by molar-refractivity contribution is 1.17. The Bertz CT molecular complexity index is 6140. The first-order valence-electron chi connectivity index (χ1n) is 30.8. The number of para-hydroxylation sites is 6. The summed E-state index contributed by atoms with van der Waals surface area (Å²) in [6.07, 6.45) is 0. The molecule has 6 heteroatoms. The number of fused-ring (bicyclic) bond motifs is 15. The second-order valence-corrected chi connectivity index (χ2v) is 23.7. The van der Waals surface area contributed by atoms with Crippen molar-refractivity contribution in [1.29, 1.82) is 0 Å². The van der Waals surface area contributed by atoms with E-state index >= 15 is 0 Å². The van der Waals surface area contributed by atoms with Crippen LogP contribution in [-0.4, -0.2) is 28.2 Å². The van der Waals surface area contributed by atoms with Crippen molar-refractivity contribution in [3.8, 4) is 67.6 Å². The van der Waals surface area contributed by atoms with E-state index in [1.165, 1.54) is 87.4 Å². The van der Waals surface area contributed by atoms with Crippen molar-refractivity contribution in [3.05, 3.63) is 315 Å². The molecule has 5 aromatic heterocycles. The largest absolute Gasteiger partial charge is 0.309 e. The second-order valence-electron chi connectivity index (χ2n) is 23.7. The number of hydrogen-bond donors (Lipinski definition) is 0. The Morgan fingerprint density at radius 1 is 0.200 bits per heavy atom. The molecule has 418 valence electrons. The highest BCUT2D eigenvalue weighted by atomic mass is 15.0. The van der Waals surface area contributed by atoms with Crippen LogP contribution in [-0.2, 0) is 0 Å². The van der Waals surface area contributed by atoms with Crippen LogP contribution in [0.5, 0.6) is 0 Å². The maximum absolute atomic E-state index is 5.60. The van der Waals surface area contributed by atoms with Crippen LogP contribution < -0.4 is 0 Å². The molecule has 0 radical (unpaired) electrons. The van der Waals surface area contributed by atoms with Gasteiger partial charge in [0.2, 0.25) is 0 Å². The molecule has 0 amide bonds. The molecule has 0 bridgehead atoms. The zero-order valence-corrected chi connectivity index (χ0v) is 48.7. The smallest absolute Gasteiger partial charge is 0.160 e. The molecule has 14 aromatic carbocycles. The Morgan fingerprint density at radius 3 is 1.06 bits per heavy atom. The van der Waals surface area contributed by atoms with E-state index in [-0.39, 0.29) is 0 Å². The van der Waals surface area contributed by atoms with Gasteiger partial charge >= 0.3 is 0 Å². The molecule has 0 unspecified atom stereocenters. The molecule has 19 rings (SSSR count). The van der Waals surface area contributed by atoms with Crippen LogP contribution in [0.2, 0.25) is 0 Å². The van der Waals surface area contributed by atoms with Crippen molar-refractivity contribution in [1.82, 2.24) is 28.2 Å². The lowest BCUT2D eigenvalue weighted by Gasteiger charge is -2.16. The zero-order valence-electron chi connectivity index (χ0n) is 48.7. The molecular formula is C84H52N6. The fourth-order valence-corrected chi connectivity index (χ4v) is 14.7. The quantitative estimate of drug-likeness (QED) is 0.142. The van der Waals surface area contributed by atoms with Crippen molar-refractivity contribution < 1.29 is 0 Å². The average molecular weight is 1150 g/mol. The third-order valence-electron chi connectivity index (χ3n) is 18.7. The van der Waals surface area contributed by atoms with Crippen molar-refractivity contribution in [2.75, 3.05) is 0 Å². The minimum absolute atomic E-state index is 0.671. The molecule has 19 aromatic rings. The Morgan fingerprint density at radius 2 is 0.567 bits per heavy atom. The van der Waals surface area contributed by atoms with E-state index in [1.54, 1.807) is 0 Å². The molecule has 0 aliphatic rings. The normalized spacial score (nSPS) is 12.0. The van der Waals surface area contributed by atoms with Gasteiger partial charge in [-0.2, -0.15) is 0 Å². The predicted octanol–water partition coefficient (Wildman–Crippen LogP) is 21.8. The van der Waals surface area contributed by atoms with Gasteiger partial charge in [0.1, 0.15) is 0 Å². The third-order valence-corrected chi connectivity index (χ3v) is 18.7. The first kappa shape index (κ1) is 50.1. The Labute approximate surface area is 517 Å². The van der Waals surface area contributed by atoms with E-state index in [0.717, 1.165) is 83.3 Å². The number of nitrogens with zero attached hydrogens (tertiary/aromatic N) is 6. The highest BCUT2D eigenvalue weighted by Gasteiger charge is 2.22. The van der Waals surface area contributed by atoms with Gasteiger partial charge in [0.25, 0.3) is 0 Å². The zero-order chi connectivity index (χ0) is 59.0. The lowest BCUT2D eigenvalue weighted by Crippen LogP contribution is -1.99. The molecule has 0 aliphatic carbocycles. The van der Waals surface area contributed by atoms with Gasteiger partial charge in [-0.1, -0.05) is 194 Å². The van der Waals surface area contributed by atoms with Crippen LogP contribution >= 0.6 is 0 Å². The van der Waals surface area contributed by atoms with Crippen LogP contribution in [0.3, 0.4) is 0 Å². The van der Waals surface area contributed by atoms with Gasteiger partial charge in [0, 0.05) is 82.1 Å². The summed E-state index contributed by atoms with van der Waals surface area (Å²) in [4.78, 5) is 11.1. The maximum atomic E-state index is 5.60. The van der Waals surface area contributed by atoms with Gasteiger partial charge in [-0.3, -0.25) is 0 Å². The number of benzene rings is 14. The van der Waals surface area contributed by atoms with Crippen molar-refractivity contribution in [2.24, 2.45) is 0 Å². The summed E-state index contributed by atoms with van der Waals surface area (Å²) in [5.41, 5.74) is 22.3. The van der Waals surface area contributed by atoms with Crippen LogP contribution in [0.1, 0.15) is 0 Å². The molecule has 5 heterocycles. The first-order valence-corrected chi connectivity index (χ1v) is 30.8. The number of aromatic nitrogens is 6. The van der Waals surface area contributed by atoms with Crippen molar-refractivity contribution >= 4 is 109 Å². The van der Waals surface area contributed by atoms with E-state index in [1.807, 2.05) is 0 Å². The van der Waals surface area contributed by atoms with E-state index in [4.69, 9.17) is 9.97 Å². The summed E-state index contributed by atoms with van der Waals surface area (Å²) in [5, 5.41) is 13.0. The van der Waals surface area contributed by atoms with E-state index in [9.17, 15) is 0 Å². The molecule has 0 fully saturated rings. The molecule has 6 nitrogen and oxygen atoms in total. The van der Waals surface area contributed by atoms with Gasteiger partial charge in [0.05, 0.1) is 61.0 Å². The van der Waals surface area contributed by atoms with Gasteiger partial charge in [-0.25, -0.2) is 9.97 Å². The van der Waals surface area contributed by atoms with Crippen LogP contribution in [0, 0.1) is 0 Å². The van der Waals surface area contributed by atoms with Gasteiger partial charge in [-0.15, -0.1) is 0 Å². The number of rotatable bonds is 8. The molecule has 0 saturated carbocycles.